The summed E-state index contributed by atoms with van der Waals surface area (Å²) in [7, 11) is 0. The van der Waals surface area contributed by atoms with E-state index >= 15 is 0 Å². The molecule has 0 radical (unpaired) electrons. The van der Waals surface area contributed by atoms with Gasteiger partial charge in [0.1, 0.15) is 18.2 Å². The zero-order chi connectivity index (χ0) is 21.8. The summed E-state index contributed by atoms with van der Waals surface area (Å²) in [6, 6.07) is 20.3. The number of carbonyl (C=O) groups is 2. The van der Waals surface area contributed by atoms with Gasteiger partial charge in [-0.1, -0.05) is 48.0 Å². The molecule has 4 rings (SSSR count). The van der Waals surface area contributed by atoms with E-state index in [1.54, 1.807) is 54.6 Å². The third-order valence-electron chi connectivity index (χ3n) is 4.60. The van der Waals surface area contributed by atoms with Crippen LogP contribution in [0.4, 0.5) is 9.18 Å². The molecule has 3 aromatic rings. The largest absolute Gasteiger partial charge is 0.489 e. The molecule has 1 aliphatic rings. The highest BCUT2D eigenvalue weighted by molar-refractivity contribution is 8.18. The molecule has 1 heterocycles. The maximum Gasteiger partial charge on any atom is 0.293 e. The van der Waals surface area contributed by atoms with Crippen molar-refractivity contribution in [2.75, 3.05) is 0 Å². The first-order valence-corrected chi connectivity index (χ1v) is 10.6. The van der Waals surface area contributed by atoms with Gasteiger partial charge in [0.25, 0.3) is 11.1 Å². The number of carbonyl (C=O) groups excluding carboxylic acids is 2. The minimum Gasteiger partial charge on any atom is -0.489 e. The second kappa shape index (κ2) is 9.37. The molecular weight excluding hydrogens is 437 g/mol. The molecule has 31 heavy (non-hydrogen) atoms. The van der Waals surface area contributed by atoms with Gasteiger partial charge in [-0.3, -0.25) is 14.5 Å². The number of nitrogens with zero attached hydrogens (tertiary/aromatic N) is 1. The van der Waals surface area contributed by atoms with Crippen LogP contribution in [-0.2, 0) is 17.9 Å². The van der Waals surface area contributed by atoms with Crippen molar-refractivity contribution in [3.8, 4) is 5.75 Å². The minimum atomic E-state index is -0.331. The number of rotatable bonds is 6. The Kier molecular flexibility index (Phi) is 6.39. The molecule has 0 unspecified atom stereocenters. The molecule has 0 aliphatic carbocycles. The van der Waals surface area contributed by atoms with Crippen molar-refractivity contribution < 1.29 is 18.7 Å². The first-order chi connectivity index (χ1) is 15.0. The van der Waals surface area contributed by atoms with E-state index in [0.29, 0.717) is 22.3 Å². The lowest BCUT2D eigenvalue weighted by atomic mass is 10.2. The molecule has 2 amide bonds. The van der Waals surface area contributed by atoms with E-state index in [1.165, 1.54) is 17.0 Å². The van der Waals surface area contributed by atoms with Crippen molar-refractivity contribution in [2.24, 2.45) is 0 Å². The first kappa shape index (κ1) is 21.2. The Labute approximate surface area is 188 Å². The number of ether oxygens (including phenoxy) is 1. The molecule has 0 bridgehead atoms. The highest BCUT2D eigenvalue weighted by Crippen LogP contribution is 2.33. The molecule has 3 aromatic carbocycles. The highest BCUT2D eigenvalue weighted by Gasteiger charge is 2.34. The predicted molar refractivity (Wildman–Crippen MR) is 120 cm³/mol. The zero-order valence-corrected chi connectivity index (χ0v) is 17.8. The summed E-state index contributed by atoms with van der Waals surface area (Å²) in [6.45, 7) is 0.487. The number of thioether (sulfide) groups is 1. The molecule has 156 valence electrons. The van der Waals surface area contributed by atoms with Crippen LogP contribution in [-0.4, -0.2) is 16.0 Å². The molecule has 4 nitrogen and oxygen atoms in total. The van der Waals surface area contributed by atoms with E-state index < -0.39 is 0 Å². The van der Waals surface area contributed by atoms with Gasteiger partial charge < -0.3 is 4.74 Å². The summed E-state index contributed by atoms with van der Waals surface area (Å²) in [5, 5.41) is 0.286. The maximum absolute atomic E-state index is 13.0. The molecule has 1 saturated heterocycles. The number of halogens is 2. The van der Waals surface area contributed by atoms with Crippen LogP contribution in [0.1, 0.15) is 16.7 Å². The summed E-state index contributed by atoms with van der Waals surface area (Å²) in [5.41, 5.74) is 2.41. The van der Waals surface area contributed by atoms with Crippen LogP contribution in [0.15, 0.2) is 77.7 Å². The second-order valence-corrected chi connectivity index (χ2v) is 8.31. The Morgan fingerprint density at radius 1 is 0.968 bits per heavy atom. The van der Waals surface area contributed by atoms with Gasteiger partial charge in [0.05, 0.1) is 11.4 Å². The van der Waals surface area contributed by atoms with Crippen molar-refractivity contribution in [3.63, 3.8) is 0 Å². The normalized spacial score (nSPS) is 15.0. The van der Waals surface area contributed by atoms with Gasteiger partial charge in [-0.2, -0.15) is 0 Å². The average molecular weight is 454 g/mol. The molecule has 7 heteroatoms. The van der Waals surface area contributed by atoms with Gasteiger partial charge in [0, 0.05) is 5.02 Å². The molecule has 0 saturated carbocycles. The Balaban J connectivity index is 1.44. The predicted octanol–water partition coefficient (Wildman–Crippen LogP) is 6.29. The van der Waals surface area contributed by atoms with Crippen molar-refractivity contribution in [1.29, 1.82) is 0 Å². The Morgan fingerprint density at radius 3 is 2.42 bits per heavy atom. The van der Waals surface area contributed by atoms with E-state index in [1.807, 2.05) is 12.1 Å². The molecule has 0 aromatic heterocycles. The third kappa shape index (κ3) is 5.34. The van der Waals surface area contributed by atoms with Crippen LogP contribution in [0.25, 0.3) is 6.08 Å². The third-order valence-corrected chi connectivity index (χ3v) is 5.76. The Bertz CT molecular complexity index is 1150. The van der Waals surface area contributed by atoms with Crippen LogP contribution >= 0.6 is 23.4 Å². The molecule has 0 atom stereocenters. The van der Waals surface area contributed by atoms with Gasteiger partial charge in [-0.15, -0.1) is 0 Å². The van der Waals surface area contributed by atoms with Gasteiger partial charge >= 0.3 is 0 Å². The first-order valence-electron chi connectivity index (χ1n) is 9.45. The van der Waals surface area contributed by atoms with E-state index in [-0.39, 0.29) is 23.5 Å². The number of imide groups is 1. The minimum absolute atomic E-state index is 0.194. The van der Waals surface area contributed by atoms with Crippen molar-refractivity contribution >= 4 is 40.6 Å². The van der Waals surface area contributed by atoms with E-state index in [4.69, 9.17) is 16.3 Å². The number of benzene rings is 3. The fourth-order valence-electron chi connectivity index (χ4n) is 3.00. The fraction of sp³-hybridized carbons (Fsp3) is 0.0833. The Morgan fingerprint density at radius 2 is 1.68 bits per heavy atom. The van der Waals surface area contributed by atoms with Gasteiger partial charge in [0.2, 0.25) is 0 Å². The number of hydrogen-bond donors (Lipinski definition) is 0. The van der Waals surface area contributed by atoms with E-state index in [2.05, 4.69) is 0 Å². The molecular formula is C24H17ClFNO3S. The monoisotopic (exact) mass is 453 g/mol. The van der Waals surface area contributed by atoms with Gasteiger partial charge in [-0.05, 0) is 70.9 Å². The molecule has 0 N–H and O–H groups in total. The van der Waals surface area contributed by atoms with Crippen LogP contribution in [0.3, 0.4) is 0 Å². The SMILES string of the molecule is O=C1S/C(=C\c2cccc(OCc3ccc(F)cc3)c2)C(=O)N1Cc1ccc(Cl)cc1. The average Bonchev–Trinajstić information content (AvgIpc) is 3.02. The van der Waals surface area contributed by atoms with Crippen molar-refractivity contribution in [1.82, 2.24) is 4.90 Å². The standard InChI is InChI=1S/C24H17ClFNO3S/c25-19-8-4-16(5-9-19)14-27-23(28)22(31-24(27)29)13-18-2-1-3-21(12-18)30-15-17-6-10-20(26)11-7-17/h1-13H,14-15H2/b22-13-. The lowest BCUT2D eigenvalue weighted by Gasteiger charge is -2.12. The summed E-state index contributed by atoms with van der Waals surface area (Å²) >= 11 is 6.80. The van der Waals surface area contributed by atoms with Gasteiger partial charge in [0.15, 0.2) is 0 Å². The van der Waals surface area contributed by atoms with E-state index in [9.17, 15) is 14.0 Å². The topological polar surface area (TPSA) is 46.6 Å². The summed E-state index contributed by atoms with van der Waals surface area (Å²) in [5.74, 6) is -0.0168. The summed E-state index contributed by atoms with van der Waals surface area (Å²) < 4.78 is 18.8. The van der Waals surface area contributed by atoms with Crippen LogP contribution in [0.5, 0.6) is 5.75 Å². The van der Waals surface area contributed by atoms with E-state index in [0.717, 1.165) is 28.5 Å². The fourth-order valence-corrected chi connectivity index (χ4v) is 3.97. The van der Waals surface area contributed by atoms with Crippen molar-refractivity contribution in [2.45, 2.75) is 13.2 Å². The zero-order valence-electron chi connectivity index (χ0n) is 16.3. The highest BCUT2D eigenvalue weighted by atomic mass is 35.5. The number of amides is 2. The molecule has 1 aliphatic heterocycles. The van der Waals surface area contributed by atoms with Gasteiger partial charge in [-0.25, -0.2) is 4.39 Å². The lowest BCUT2D eigenvalue weighted by Crippen LogP contribution is -2.27. The quantitative estimate of drug-likeness (QED) is 0.411. The Hall–Kier alpha value is -3.09. The molecule has 0 spiro atoms. The van der Waals surface area contributed by atoms with Crippen LogP contribution in [0.2, 0.25) is 5.02 Å². The summed E-state index contributed by atoms with van der Waals surface area (Å²) in [6.07, 6.45) is 1.68. The summed E-state index contributed by atoms with van der Waals surface area (Å²) in [4.78, 5) is 26.7. The smallest absolute Gasteiger partial charge is 0.293 e. The lowest BCUT2D eigenvalue weighted by molar-refractivity contribution is -0.123. The second-order valence-electron chi connectivity index (χ2n) is 6.88. The number of hydrogen-bond acceptors (Lipinski definition) is 4. The van der Waals surface area contributed by atoms with Crippen LogP contribution < -0.4 is 4.74 Å². The maximum atomic E-state index is 13.0. The van der Waals surface area contributed by atoms with Crippen LogP contribution in [0, 0.1) is 5.82 Å². The molecule has 1 fully saturated rings. The van der Waals surface area contributed by atoms with Crippen molar-refractivity contribution in [3.05, 3.63) is 105 Å².